The number of hydrogen-bond acceptors (Lipinski definition) is 2. The Morgan fingerprint density at radius 3 is 2.58 bits per heavy atom. The summed E-state index contributed by atoms with van der Waals surface area (Å²) in [5.74, 6) is 0. The maximum Gasteiger partial charge on any atom is 0.175 e. The molecule has 0 radical (unpaired) electrons. The van der Waals surface area contributed by atoms with Crippen LogP contribution >= 0.6 is 23.8 Å². The van der Waals surface area contributed by atoms with Gasteiger partial charge < -0.3 is 10.6 Å². The molecular weight excluding hydrogens is 278 g/mol. The minimum atomic E-state index is 0.396. The maximum atomic E-state index is 5.96. The van der Waals surface area contributed by atoms with Gasteiger partial charge in [-0.25, -0.2) is 4.98 Å². The summed E-state index contributed by atoms with van der Waals surface area (Å²) < 4.78 is 0. The zero-order chi connectivity index (χ0) is 13.8. The summed E-state index contributed by atoms with van der Waals surface area (Å²) in [6.45, 7) is 4.10. The van der Waals surface area contributed by atoms with E-state index in [1.165, 1.54) is 5.56 Å². The van der Waals surface area contributed by atoms with Gasteiger partial charge >= 0.3 is 0 Å². The van der Waals surface area contributed by atoms with Crippen LogP contribution in [0, 0.1) is 13.8 Å². The first-order chi connectivity index (χ1) is 9.06. The summed E-state index contributed by atoms with van der Waals surface area (Å²) in [5.41, 5.74) is 4.02. The van der Waals surface area contributed by atoms with Crippen LogP contribution in [0.4, 0.5) is 11.4 Å². The van der Waals surface area contributed by atoms with E-state index >= 15 is 0 Å². The van der Waals surface area contributed by atoms with Gasteiger partial charge in [-0.15, -0.1) is 0 Å². The summed E-state index contributed by atoms with van der Waals surface area (Å²) in [6, 6.07) is 9.76. The molecule has 0 spiro atoms. The van der Waals surface area contributed by atoms with E-state index < -0.39 is 0 Å². The largest absolute Gasteiger partial charge is 0.332 e. The van der Waals surface area contributed by atoms with E-state index in [9.17, 15) is 0 Å². The van der Waals surface area contributed by atoms with Gasteiger partial charge in [0.1, 0.15) is 0 Å². The summed E-state index contributed by atoms with van der Waals surface area (Å²) in [6.07, 6.45) is 1.63. The van der Waals surface area contributed by atoms with Gasteiger partial charge in [0.2, 0.25) is 0 Å². The molecule has 1 aromatic heterocycles. The Kier molecular flexibility index (Phi) is 4.35. The second-order valence-electron chi connectivity index (χ2n) is 4.24. The van der Waals surface area contributed by atoms with Gasteiger partial charge in [0.15, 0.2) is 10.3 Å². The number of nitrogens with zero attached hydrogens (tertiary/aromatic N) is 1. The number of thiocarbonyl (C=S) groups is 1. The van der Waals surface area contributed by atoms with Crippen molar-refractivity contribution in [3.05, 3.63) is 52.8 Å². The lowest BCUT2D eigenvalue weighted by Crippen LogP contribution is -2.20. The average Bonchev–Trinajstić information content (AvgIpc) is 2.36. The van der Waals surface area contributed by atoms with Gasteiger partial charge in [0, 0.05) is 11.9 Å². The first kappa shape index (κ1) is 13.8. The number of hydrogen-bond donors (Lipinski definition) is 2. The lowest BCUT2D eigenvalue weighted by Gasteiger charge is -2.13. The molecule has 0 aliphatic rings. The van der Waals surface area contributed by atoms with Gasteiger partial charge in [-0.05, 0) is 49.8 Å². The van der Waals surface area contributed by atoms with Crippen molar-refractivity contribution in [2.24, 2.45) is 0 Å². The van der Waals surface area contributed by atoms with Crippen LogP contribution in [0.25, 0.3) is 0 Å². The smallest absolute Gasteiger partial charge is 0.175 e. The fourth-order valence-corrected chi connectivity index (χ4v) is 2.10. The first-order valence-corrected chi connectivity index (χ1v) is 6.60. The zero-order valence-electron chi connectivity index (χ0n) is 10.7. The van der Waals surface area contributed by atoms with Gasteiger partial charge in [-0.2, -0.15) is 0 Å². The predicted octanol–water partition coefficient (Wildman–Crippen LogP) is 4.16. The van der Waals surface area contributed by atoms with E-state index in [2.05, 4.69) is 28.6 Å². The highest BCUT2D eigenvalue weighted by molar-refractivity contribution is 7.80. The predicted molar refractivity (Wildman–Crippen MR) is 85.0 cm³/mol. The minimum Gasteiger partial charge on any atom is -0.332 e. The Morgan fingerprint density at radius 1 is 1.16 bits per heavy atom. The Bertz CT molecular complexity index is 613. The second kappa shape index (κ2) is 5.99. The quantitative estimate of drug-likeness (QED) is 0.643. The molecule has 2 N–H and O–H groups in total. The molecule has 0 atom stereocenters. The SMILES string of the molecule is Cc1ccc(NC(=S)Nc2cccnc2Cl)c(C)c1. The van der Waals surface area contributed by atoms with Crippen molar-refractivity contribution in [2.75, 3.05) is 10.6 Å². The molecule has 0 bridgehead atoms. The van der Waals surface area contributed by atoms with E-state index in [-0.39, 0.29) is 0 Å². The normalized spacial score (nSPS) is 10.1. The van der Waals surface area contributed by atoms with E-state index in [0.29, 0.717) is 16.0 Å². The Balaban J connectivity index is 2.08. The van der Waals surface area contributed by atoms with Gasteiger partial charge in [-0.1, -0.05) is 29.3 Å². The van der Waals surface area contributed by atoms with Crippen molar-refractivity contribution < 1.29 is 0 Å². The number of aromatic nitrogens is 1. The van der Waals surface area contributed by atoms with Crippen LogP contribution < -0.4 is 10.6 Å². The summed E-state index contributed by atoms with van der Waals surface area (Å²) in [5, 5.41) is 7.06. The molecule has 0 aliphatic carbocycles. The molecule has 0 saturated carbocycles. The molecule has 3 nitrogen and oxygen atoms in total. The number of pyridine rings is 1. The molecule has 0 fully saturated rings. The highest BCUT2D eigenvalue weighted by Crippen LogP contribution is 2.19. The Hall–Kier alpha value is -1.65. The molecule has 19 heavy (non-hydrogen) atoms. The topological polar surface area (TPSA) is 37.0 Å². The van der Waals surface area contributed by atoms with Gasteiger partial charge in [0.25, 0.3) is 0 Å². The third-order valence-electron chi connectivity index (χ3n) is 2.64. The third-order valence-corrected chi connectivity index (χ3v) is 3.14. The van der Waals surface area contributed by atoms with Gasteiger partial charge in [0.05, 0.1) is 5.69 Å². The Morgan fingerprint density at radius 2 is 1.89 bits per heavy atom. The monoisotopic (exact) mass is 291 g/mol. The molecule has 1 heterocycles. The van der Waals surface area contributed by atoms with Gasteiger partial charge in [-0.3, -0.25) is 0 Å². The molecule has 2 aromatic rings. The average molecular weight is 292 g/mol. The van der Waals surface area contributed by atoms with Crippen molar-refractivity contribution in [1.82, 2.24) is 4.98 Å². The summed E-state index contributed by atoms with van der Waals surface area (Å²) in [4.78, 5) is 3.98. The summed E-state index contributed by atoms with van der Waals surface area (Å²) >= 11 is 11.2. The van der Waals surface area contributed by atoms with Crippen LogP contribution in [0.15, 0.2) is 36.5 Å². The third kappa shape index (κ3) is 3.66. The fraction of sp³-hybridized carbons (Fsp3) is 0.143. The molecule has 0 aliphatic heterocycles. The molecule has 0 amide bonds. The molecule has 5 heteroatoms. The zero-order valence-corrected chi connectivity index (χ0v) is 12.3. The summed E-state index contributed by atoms with van der Waals surface area (Å²) in [7, 11) is 0. The second-order valence-corrected chi connectivity index (χ2v) is 5.01. The van der Waals surface area contributed by atoms with Crippen molar-refractivity contribution in [3.63, 3.8) is 0 Å². The van der Waals surface area contributed by atoms with Crippen molar-refractivity contribution in [3.8, 4) is 0 Å². The highest BCUT2D eigenvalue weighted by atomic mass is 35.5. The molecule has 0 unspecified atom stereocenters. The van der Waals surface area contributed by atoms with Crippen LogP contribution in [-0.4, -0.2) is 10.1 Å². The molecule has 2 rings (SSSR count). The van der Waals surface area contributed by atoms with E-state index in [1.807, 2.05) is 25.1 Å². The number of aryl methyl sites for hydroxylation is 2. The molecule has 98 valence electrons. The number of benzene rings is 1. The van der Waals surface area contributed by atoms with Crippen molar-refractivity contribution in [2.45, 2.75) is 13.8 Å². The standard InChI is InChI=1S/C14H14ClN3S/c1-9-5-6-11(10(2)8-9)17-14(19)18-12-4-3-7-16-13(12)15/h3-8H,1-2H3,(H2,17,18,19). The van der Waals surface area contributed by atoms with E-state index in [1.54, 1.807) is 12.3 Å². The van der Waals surface area contributed by atoms with E-state index in [0.717, 1.165) is 11.3 Å². The first-order valence-electron chi connectivity index (χ1n) is 5.82. The van der Waals surface area contributed by atoms with Crippen LogP contribution in [0.2, 0.25) is 5.15 Å². The number of nitrogens with one attached hydrogen (secondary N) is 2. The lowest BCUT2D eigenvalue weighted by molar-refractivity contribution is 1.33. The van der Waals surface area contributed by atoms with Crippen LogP contribution in [0.3, 0.4) is 0 Å². The number of anilines is 2. The van der Waals surface area contributed by atoms with Crippen molar-refractivity contribution >= 4 is 40.3 Å². The molecular formula is C14H14ClN3S. The Labute approximate surface area is 123 Å². The van der Waals surface area contributed by atoms with Crippen LogP contribution in [-0.2, 0) is 0 Å². The maximum absolute atomic E-state index is 5.96. The fourth-order valence-electron chi connectivity index (χ4n) is 1.71. The molecule has 1 aromatic carbocycles. The number of halogens is 1. The van der Waals surface area contributed by atoms with Crippen LogP contribution in [0.5, 0.6) is 0 Å². The minimum absolute atomic E-state index is 0.396. The highest BCUT2D eigenvalue weighted by Gasteiger charge is 2.04. The number of rotatable bonds is 2. The van der Waals surface area contributed by atoms with E-state index in [4.69, 9.17) is 23.8 Å². The van der Waals surface area contributed by atoms with Crippen molar-refractivity contribution in [1.29, 1.82) is 0 Å². The lowest BCUT2D eigenvalue weighted by atomic mass is 10.1. The van der Waals surface area contributed by atoms with Crippen LogP contribution in [0.1, 0.15) is 11.1 Å². The molecule has 0 saturated heterocycles.